The number of carbonyl (C=O) groups is 1. The van der Waals surface area contributed by atoms with Crippen LogP contribution in [-0.2, 0) is 10.2 Å². The van der Waals surface area contributed by atoms with E-state index in [9.17, 15) is 4.79 Å². The van der Waals surface area contributed by atoms with Gasteiger partial charge in [-0.1, -0.05) is 23.7 Å². The van der Waals surface area contributed by atoms with Crippen molar-refractivity contribution in [1.29, 1.82) is 0 Å². The maximum absolute atomic E-state index is 12.6. The van der Waals surface area contributed by atoms with Gasteiger partial charge in [-0.3, -0.25) is 4.79 Å². The number of amides is 1. The van der Waals surface area contributed by atoms with Crippen molar-refractivity contribution in [3.63, 3.8) is 0 Å². The standard InChI is InChI=1S/C14H17ClN2O.ClH/c15-12-3-1-2-11(10-12)14(4-5-14)13(18)17-8-6-16-7-9-17;/h1-3,10,16H,4-9H2;1H. The SMILES string of the molecule is Cl.O=C(N1CCNCC1)C1(c2cccc(Cl)c2)CC1. The second-order valence-corrected chi connectivity index (χ2v) is 5.57. The molecule has 1 heterocycles. The van der Waals surface area contributed by atoms with Crippen molar-refractivity contribution in [3.05, 3.63) is 34.9 Å². The zero-order chi connectivity index (χ0) is 12.6. The van der Waals surface area contributed by atoms with E-state index >= 15 is 0 Å². The van der Waals surface area contributed by atoms with E-state index in [0.29, 0.717) is 5.02 Å². The fourth-order valence-corrected chi connectivity index (χ4v) is 2.90. The van der Waals surface area contributed by atoms with Crippen LogP contribution >= 0.6 is 24.0 Å². The van der Waals surface area contributed by atoms with Gasteiger partial charge in [0.25, 0.3) is 0 Å². The Hall–Kier alpha value is -0.770. The molecule has 1 saturated heterocycles. The minimum atomic E-state index is -0.276. The fraction of sp³-hybridized carbons (Fsp3) is 0.500. The quantitative estimate of drug-likeness (QED) is 0.908. The molecule has 0 aromatic heterocycles. The zero-order valence-electron chi connectivity index (χ0n) is 10.7. The minimum Gasteiger partial charge on any atom is -0.339 e. The highest BCUT2D eigenvalue weighted by molar-refractivity contribution is 6.30. The van der Waals surface area contributed by atoms with Crippen LogP contribution in [0, 0.1) is 0 Å². The molecule has 5 heteroatoms. The molecule has 19 heavy (non-hydrogen) atoms. The summed E-state index contributed by atoms with van der Waals surface area (Å²) in [5, 5.41) is 3.99. The molecule has 2 aliphatic rings. The van der Waals surface area contributed by atoms with Crippen LogP contribution in [0.5, 0.6) is 0 Å². The molecule has 1 aliphatic heterocycles. The molecule has 3 rings (SSSR count). The average molecular weight is 301 g/mol. The number of rotatable bonds is 2. The smallest absolute Gasteiger partial charge is 0.233 e. The van der Waals surface area contributed by atoms with Gasteiger partial charge in [0.05, 0.1) is 5.41 Å². The molecule has 104 valence electrons. The van der Waals surface area contributed by atoms with Crippen molar-refractivity contribution in [1.82, 2.24) is 10.2 Å². The second kappa shape index (κ2) is 5.70. The van der Waals surface area contributed by atoms with Crippen LogP contribution in [-0.4, -0.2) is 37.0 Å². The van der Waals surface area contributed by atoms with Gasteiger partial charge in [0.1, 0.15) is 0 Å². The predicted octanol–water partition coefficient (Wildman–Crippen LogP) is 2.23. The number of hydrogen-bond donors (Lipinski definition) is 1. The van der Waals surface area contributed by atoms with Gasteiger partial charge in [-0.05, 0) is 30.5 Å². The average Bonchev–Trinajstić information content (AvgIpc) is 3.20. The van der Waals surface area contributed by atoms with Crippen molar-refractivity contribution >= 4 is 29.9 Å². The Bertz CT molecular complexity index is 468. The third kappa shape index (κ3) is 2.73. The molecule has 1 N–H and O–H groups in total. The number of hydrogen-bond acceptors (Lipinski definition) is 2. The Morgan fingerprint density at radius 1 is 1.26 bits per heavy atom. The number of piperazine rings is 1. The summed E-state index contributed by atoms with van der Waals surface area (Å²) in [5.41, 5.74) is 0.806. The molecule has 0 radical (unpaired) electrons. The second-order valence-electron chi connectivity index (χ2n) is 5.13. The zero-order valence-corrected chi connectivity index (χ0v) is 12.3. The van der Waals surface area contributed by atoms with E-state index in [-0.39, 0.29) is 23.7 Å². The summed E-state index contributed by atoms with van der Waals surface area (Å²) in [5.74, 6) is 0.284. The Kier molecular flexibility index (Phi) is 4.39. The summed E-state index contributed by atoms with van der Waals surface area (Å²) in [7, 11) is 0. The monoisotopic (exact) mass is 300 g/mol. The Morgan fingerprint density at radius 3 is 2.53 bits per heavy atom. The van der Waals surface area contributed by atoms with Gasteiger partial charge in [0, 0.05) is 31.2 Å². The van der Waals surface area contributed by atoms with Crippen molar-refractivity contribution < 1.29 is 4.79 Å². The molecular formula is C14H18Cl2N2O. The van der Waals surface area contributed by atoms with Gasteiger partial charge in [-0.25, -0.2) is 0 Å². The van der Waals surface area contributed by atoms with E-state index in [1.807, 2.05) is 29.2 Å². The van der Waals surface area contributed by atoms with Crippen LogP contribution in [0.25, 0.3) is 0 Å². The van der Waals surface area contributed by atoms with Crippen LogP contribution in [0.4, 0.5) is 0 Å². The molecule has 1 aromatic carbocycles. The van der Waals surface area contributed by atoms with Crippen LogP contribution < -0.4 is 5.32 Å². The normalized spacial score (nSPS) is 20.6. The van der Waals surface area contributed by atoms with Crippen LogP contribution in [0.3, 0.4) is 0 Å². The lowest BCUT2D eigenvalue weighted by molar-refractivity contribution is -0.134. The maximum Gasteiger partial charge on any atom is 0.233 e. The lowest BCUT2D eigenvalue weighted by Gasteiger charge is -2.31. The van der Waals surface area contributed by atoms with E-state index in [2.05, 4.69) is 5.32 Å². The Balaban J connectivity index is 0.00000133. The topological polar surface area (TPSA) is 32.3 Å². The highest BCUT2D eigenvalue weighted by atomic mass is 35.5. The van der Waals surface area contributed by atoms with Gasteiger partial charge >= 0.3 is 0 Å². The van der Waals surface area contributed by atoms with Gasteiger partial charge < -0.3 is 10.2 Å². The molecular weight excluding hydrogens is 283 g/mol. The molecule has 1 aliphatic carbocycles. The molecule has 3 nitrogen and oxygen atoms in total. The molecule has 1 amide bonds. The number of carbonyl (C=O) groups excluding carboxylic acids is 1. The predicted molar refractivity (Wildman–Crippen MR) is 79.1 cm³/mol. The van der Waals surface area contributed by atoms with E-state index in [4.69, 9.17) is 11.6 Å². The molecule has 1 aromatic rings. The van der Waals surface area contributed by atoms with Crippen molar-refractivity contribution in [2.24, 2.45) is 0 Å². The van der Waals surface area contributed by atoms with E-state index in [1.54, 1.807) is 0 Å². The molecule has 2 fully saturated rings. The van der Waals surface area contributed by atoms with Gasteiger partial charge in [-0.2, -0.15) is 0 Å². The first kappa shape index (κ1) is 14.6. The molecule has 1 saturated carbocycles. The first-order valence-electron chi connectivity index (χ1n) is 6.48. The highest BCUT2D eigenvalue weighted by Gasteiger charge is 2.53. The summed E-state index contributed by atoms with van der Waals surface area (Å²) in [4.78, 5) is 14.6. The van der Waals surface area contributed by atoms with Gasteiger partial charge in [0.15, 0.2) is 0 Å². The van der Waals surface area contributed by atoms with Crippen LogP contribution in [0.2, 0.25) is 5.02 Å². The van der Waals surface area contributed by atoms with Gasteiger partial charge in [0.2, 0.25) is 5.91 Å². The molecule has 0 atom stereocenters. The van der Waals surface area contributed by atoms with Crippen LogP contribution in [0.15, 0.2) is 24.3 Å². The minimum absolute atomic E-state index is 0. The first-order valence-corrected chi connectivity index (χ1v) is 6.86. The lowest BCUT2D eigenvalue weighted by atomic mass is 9.94. The third-order valence-corrected chi connectivity index (χ3v) is 4.18. The maximum atomic E-state index is 12.6. The summed E-state index contributed by atoms with van der Waals surface area (Å²) in [6.07, 6.45) is 1.91. The van der Waals surface area contributed by atoms with E-state index in [0.717, 1.165) is 44.6 Å². The fourth-order valence-electron chi connectivity index (χ4n) is 2.71. The largest absolute Gasteiger partial charge is 0.339 e. The molecule has 0 spiro atoms. The number of halogens is 2. The summed E-state index contributed by atoms with van der Waals surface area (Å²) in [6.45, 7) is 3.44. The first-order chi connectivity index (χ1) is 8.72. The summed E-state index contributed by atoms with van der Waals surface area (Å²) in [6, 6.07) is 7.76. The van der Waals surface area contributed by atoms with Crippen molar-refractivity contribution in [3.8, 4) is 0 Å². The molecule has 0 unspecified atom stereocenters. The molecule has 0 bridgehead atoms. The van der Waals surface area contributed by atoms with Crippen molar-refractivity contribution in [2.75, 3.05) is 26.2 Å². The van der Waals surface area contributed by atoms with Crippen LogP contribution in [0.1, 0.15) is 18.4 Å². The summed E-state index contributed by atoms with van der Waals surface area (Å²) >= 11 is 6.03. The number of nitrogens with zero attached hydrogens (tertiary/aromatic N) is 1. The Labute approximate surface area is 124 Å². The highest BCUT2D eigenvalue weighted by Crippen LogP contribution is 2.50. The number of nitrogens with one attached hydrogen (secondary N) is 1. The number of benzene rings is 1. The van der Waals surface area contributed by atoms with E-state index in [1.165, 1.54) is 0 Å². The Morgan fingerprint density at radius 2 is 1.95 bits per heavy atom. The van der Waals surface area contributed by atoms with E-state index < -0.39 is 0 Å². The van der Waals surface area contributed by atoms with Crippen molar-refractivity contribution in [2.45, 2.75) is 18.3 Å². The van der Waals surface area contributed by atoms with Gasteiger partial charge in [-0.15, -0.1) is 12.4 Å². The third-order valence-electron chi connectivity index (χ3n) is 3.94. The summed E-state index contributed by atoms with van der Waals surface area (Å²) < 4.78 is 0. The lowest BCUT2D eigenvalue weighted by Crippen LogP contribution is -2.49.